The third-order valence-electron chi connectivity index (χ3n) is 2.35. The second-order valence-electron chi connectivity index (χ2n) is 3.90. The van der Waals surface area contributed by atoms with E-state index in [1.54, 1.807) is 0 Å². The molecule has 0 aliphatic carbocycles. The Balaban J connectivity index is 2.75. The van der Waals surface area contributed by atoms with Crippen LogP contribution in [0.15, 0.2) is 17.2 Å². The maximum atomic E-state index is 11.9. The zero-order valence-electron chi connectivity index (χ0n) is 11.1. The number of methoxy groups -OCH3 is 1. The molecule has 0 saturated carbocycles. The normalized spacial score (nSPS) is 11.6. The Labute approximate surface area is 123 Å². The van der Waals surface area contributed by atoms with Crippen molar-refractivity contribution in [2.75, 3.05) is 38.7 Å². The molecule has 0 fully saturated rings. The van der Waals surface area contributed by atoms with Gasteiger partial charge in [0.25, 0.3) is 0 Å². The average molecular weight is 324 g/mol. The van der Waals surface area contributed by atoms with Gasteiger partial charge in [0.05, 0.1) is 11.6 Å². The molecule has 0 amide bonds. The summed E-state index contributed by atoms with van der Waals surface area (Å²) in [6, 6.07) is 1.32. The molecule has 114 valence electrons. The van der Waals surface area contributed by atoms with Gasteiger partial charge in [-0.15, -0.1) is 0 Å². The average Bonchev–Trinajstić information content (AvgIpc) is 2.41. The number of nitrogens with one attached hydrogen (secondary N) is 2. The van der Waals surface area contributed by atoms with Crippen LogP contribution in [0.5, 0.6) is 0 Å². The Morgan fingerprint density at radius 1 is 1.45 bits per heavy atom. The van der Waals surface area contributed by atoms with Crippen molar-refractivity contribution in [2.45, 2.75) is 11.3 Å². The number of ether oxygens (including phenoxy) is 1. The van der Waals surface area contributed by atoms with Gasteiger partial charge in [0.2, 0.25) is 10.0 Å². The number of hydrogen-bond acceptors (Lipinski definition) is 6. The minimum absolute atomic E-state index is 0.00805. The third kappa shape index (κ3) is 5.22. The van der Waals surface area contributed by atoms with E-state index in [9.17, 15) is 8.42 Å². The van der Waals surface area contributed by atoms with Crippen LogP contribution >= 0.6 is 11.6 Å². The molecule has 0 spiro atoms. The van der Waals surface area contributed by atoms with Crippen LogP contribution in [0.2, 0.25) is 5.02 Å². The highest BCUT2D eigenvalue weighted by Gasteiger charge is 2.16. The number of aromatic nitrogens is 1. The zero-order valence-corrected chi connectivity index (χ0v) is 12.7. The molecule has 1 aromatic heterocycles. The van der Waals surface area contributed by atoms with E-state index in [4.69, 9.17) is 21.4 Å². The number of nitrogens with zero attached hydrogens (tertiary/aromatic N) is 1. The highest BCUT2D eigenvalue weighted by molar-refractivity contribution is 7.89. The fourth-order valence-electron chi connectivity index (χ4n) is 1.34. The summed E-state index contributed by atoms with van der Waals surface area (Å²) >= 11 is 5.97. The van der Waals surface area contributed by atoms with Crippen LogP contribution in [0.1, 0.15) is 6.42 Å². The lowest BCUT2D eigenvalue weighted by Gasteiger charge is -2.09. The van der Waals surface area contributed by atoms with Crippen molar-refractivity contribution >= 4 is 27.4 Å². The minimum atomic E-state index is -3.64. The van der Waals surface area contributed by atoms with Crippen molar-refractivity contribution in [2.24, 2.45) is 0 Å². The van der Waals surface area contributed by atoms with Crippen LogP contribution in [0.25, 0.3) is 0 Å². The minimum Gasteiger partial charge on any atom is -0.396 e. The molecule has 7 nitrogen and oxygen atoms in total. The van der Waals surface area contributed by atoms with Gasteiger partial charge in [-0.25, -0.2) is 18.1 Å². The van der Waals surface area contributed by atoms with Gasteiger partial charge in [0.15, 0.2) is 0 Å². The first-order valence-corrected chi connectivity index (χ1v) is 7.86. The maximum Gasteiger partial charge on any atom is 0.242 e. The zero-order chi connectivity index (χ0) is 15.0. The second kappa shape index (κ2) is 8.38. The monoisotopic (exact) mass is 323 g/mol. The lowest BCUT2D eigenvalue weighted by molar-refractivity contribution is 0.204. The molecule has 0 aromatic carbocycles. The van der Waals surface area contributed by atoms with E-state index in [1.165, 1.54) is 19.4 Å². The van der Waals surface area contributed by atoms with E-state index in [1.807, 2.05) is 0 Å². The molecule has 3 N–H and O–H groups in total. The number of anilines is 1. The molecule has 20 heavy (non-hydrogen) atoms. The van der Waals surface area contributed by atoms with Crippen LogP contribution in [0.4, 0.5) is 5.82 Å². The molecule has 0 saturated heterocycles. The molecule has 0 aliphatic heterocycles. The summed E-state index contributed by atoms with van der Waals surface area (Å²) < 4.78 is 31.0. The molecule has 0 unspecified atom stereocenters. The summed E-state index contributed by atoms with van der Waals surface area (Å²) in [5.74, 6) is 0.385. The van der Waals surface area contributed by atoms with Crippen molar-refractivity contribution in [3.8, 4) is 0 Å². The largest absolute Gasteiger partial charge is 0.396 e. The van der Waals surface area contributed by atoms with E-state index in [-0.39, 0.29) is 29.7 Å². The molecule has 0 radical (unpaired) electrons. The summed E-state index contributed by atoms with van der Waals surface area (Å²) in [6.45, 7) is 1.01. The summed E-state index contributed by atoms with van der Waals surface area (Å²) in [4.78, 5) is 3.96. The summed E-state index contributed by atoms with van der Waals surface area (Å²) in [5.41, 5.74) is 0. The predicted octanol–water partition coefficient (Wildman–Crippen LogP) is 0.454. The molecule has 1 heterocycles. The Morgan fingerprint density at radius 3 is 2.80 bits per heavy atom. The topological polar surface area (TPSA) is 101 Å². The van der Waals surface area contributed by atoms with Gasteiger partial charge < -0.3 is 15.2 Å². The first kappa shape index (κ1) is 17.1. The third-order valence-corrected chi connectivity index (χ3v) is 4.07. The van der Waals surface area contributed by atoms with E-state index < -0.39 is 10.0 Å². The van der Waals surface area contributed by atoms with Crippen molar-refractivity contribution < 1.29 is 18.3 Å². The van der Waals surface area contributed by atoms with Crippen molar-refractivity contribution in [3.63, 3.8) is 0 Å². The van der Waals surface area contributed by atoms with Crippen LogP contribution in [0, 0.1) is 0 Å². The number of rotatable bonds is 9. The predicted molar refractivity (Wildman–Crippen MR) is 76.5 cm³/mol. The molecule has 0 bridgehead atoms. The van der Waals surface area contributed by atoms with Crippen LogP contribution in [-0.2, 0) is 14.8 Å². The van der Waals surface area contributed by atoms with E-state index in [2.05, 4.69) is 15.0 Å². The first-order chi connectivity index (χ1) is 9.51. The SMILES string of the molecule is COCCNS(=O)(=O)c1cnc(NCCCO)c(Cl)c1. The van der Waals surface area contributed by atoms with E-state index in [0.717, 1.165) is 0 Å². The van der Waals surface area contributed by atoms with Gasteiger partial charge in [-0.05, 0) is 12.5 Å². The van der Waals surface area contributed by atoms with Crippen LogP contribution in [0.3, 0.4) is 0 Å². The second-order valence-corrected chi connectivity index (χ2v) is 6.07. The Kier molecular flexibility index (Phi) is 7.17. The fraction of sp³-hybridized carbons (Fsp3) is 0.545. The first-order valence-electron chi connectivity index (χ1n) is 6.00. The Morgan fingerprint density at radius 2 is 2.20 bits per heavy atom. The van der Waals surface area contributed by atoms with Gasteiger partial charge in [-0.3, -0.25) is 0 Å². The molecule has 1 rings (SSSR count). The van der Waals surface area contributed by atoms with Crippen molar-refractivity contribution in [1.82, 2.24) is 9.71 Å². The van der Waals surface area contributed by atoms with E-state index in [0.29, 0.717) is 18.8 Å². The fourth-order valence-corrected chi connectivity index (χ4v) is 2.63. The molecule has 0 atom stereocenters. The van der Waals surface area contributed by atoms with Crippen LogP contribution < -0.4 is 10.0 Å². The molecule has 9 heteroatoms. The molecule has 1 aromatic rings. The number of aliphatic hydroxyl groups excluding tert-OH is 1. The van der Waals surface area contributed by atoms with Gasteiger partial charge in [0, 0.05) is 33.0 Å². The lowest BCUT2D eigenvalue weighted by Crippen LogP contribution is -2.27. The van der Waals surface area contributed by atoms with E-state index >= 15 is 0 Å². The Hall–Kier alpha value is -0.930. The lowest BCUT2D eigenvalue weighted by atomic mass is 10.4. The molecule has 0 aliphatic rings. The van der Waals surface area contributed by atoms with Crippen LogP contribution in [-0.4, -0.2) is 51.9 Å². The number of halogens is 1. The van der Waals surface area contributed by atoms with Gasteiger partial charge >= 0.3 is 0 Å². The summed E-state index contributed by atoms with van der Waals surface area (Å²) in [5, 5.41) is 11.8. The van der Waals surface area contributed by atoms with Crippen molar-refractivity contribution in [1.29, 1.82) is 0 Å². The highest BCUT2D eigenvalue weighted by atomic mass is 35.5. The summed E-state index contributed by atoms with van der Waals surface area (Å²) in [7, 11) is -2.16. The standard InChI is InChI=1S/C11H18ClN3O4S/c1-19-6-4-15-20(17,18)9-7-10(12)11(14-8-9)13-3-2-5-16/h7-8,15-16H,2-6H2,1H3,(H,13,14). The molecular weight excluding hydrogens is 306 g/mol. The number of hydrogen-bond donors (Lipinski definition) is 3. The number of aliphatic hydroxyl groups is 1. The summed E-state index contributed by atoms with van der Waals surface area (Å²) in [6.07, 6.45) is 1.78. The van der Waals surface area contributed by atoms with Gasteiger partial charge in [-0.2, -0.15) is 0 Å². The number of pyridine rings is 1. The highest BCUT2D eigenvalue weighted by Crippen LogP contribution is 2.22. The number of sulfonamides is 1. The maximum absolute atomic E-state index is 11.9. The van der Waals surface area contributed by atoms with Gasteiger partial charge in [0.1, 0.15) is 10.7 Å². The Bertz CT molecular complexity index is 524. The van der Waals surface area contributed by atoms with Crippen molar-refractivity contribution in [3.05, 3.63) is 17.3 Å². The quantitative estimate of drug-likeness (QED) is 0.571. The molecular formula is C11H18ClN3O4S. The van der Waals surface area contributed by atoms with Gasteiger partial charge in [-0.1, -0.05) is 11.6 Å². The smallest absolute Gasteiger partial charge is 0.242 e.